The number of aliphatic hydroxyl groups excluding tert-OH is 1. The summed E-state index contributed by atoms with van der Waals surface area (Å²) in [4.78, 5) is 0.257. The molecule has 21 heavy (non-hydrogen) atoms. The van der Waals surface area contributed by atoms with Crippen molar-refractivity contribution in [3.63, 3.8) is 0 Å². The van der Waals surface area contributed by atoms with E-state index in [0.717, 1.165) is 18.2 Å². The molecular formula is C15H18N2O3S. The van der Waals surface area contributed by atoms with Gasteiger partial charge in [0.15, 0.2) is 0 Å². The molecule has 2 aromatic carbocycles. The third-order valence-electron chi connectivity index (χ3n) is 3.78. The van der Waals surface area contributed by atoms with Crippen molar-refractivity contribution in [2.75, 3.05) is 18.9 Å². The van der Waals surface area contributed by atoms with Crippen LogP contribution in [0, 0.1) is 0 Å². The molecule has 1 aliphatic rings. The number of rotatable bonds is 5. The van der Waals surface area contributed by atoms with Crippen LogP contribution in [0.3, 0.4) is 0 Å². The third kappa shape index (κ3) is 2.50. The molecule has 0 unspecified atom stereocenters. The highest BCUT2D eigenvalue weighted by Crippen LogP contribution is 2.35. The predicted molar refractivity (Wildman–Crippen MR) is 82.4 cm³/mol. The maximum Gasteiger partial charge on any atom is 0.244 e. The molecular weight excluding hydrogens is 288 g/mol. The van der Waals surface area contributed by atoms with Gasteiger partial charge in [0.05, 0.1) is 11.5 Å². The Balaban J connectivity index is 2.17. The first-order chi connectivity index (χ1) is 10.1. The number of nitrogens with two attached hydrogens (primary N) is 1. The van der Waals surface area contributed by atoms with Crippen molar-refractivity contribution >= 4 is 26.5 Å². The fourth-order valence-corrected chi connectivity index (χ4v) is 4.48. The number of nitrogen functional groups attached to an aromatic ring is 1. The summed E-state index contributed by atoms with van der Waals surface area (Å²) in [6.07, 6.45) is 1.71. The van der Waals surface area contributed by atoms with Crippen LogP contribution in [0.4, 0.5) is 5.69 Å². The van der Waals surface area contributed by atoms with Gasteiger partial charge in [0.25, 0.3) is 0 Å². The summed E-state index contributed by atoms with van der Waals surface area (Å²) in [6, 6.07) is 10.4. The van der Waals surface area contributed by atoms with E-state index in [1.807, 2.05) is 12.1 Å². The molecule has 0 aromatic heterocycles. The lowest BCUT2D eigenvalue weighted by atomic mass is 10.1. The largest absolute Gasteiger partial charge is 0.398 e. The van der Waals surface area contributed by atoms with Crippen molar-refractivity contribution in [1.82, 2.24) is 4.31 Å². The van der Waals surface area contributed by atoms with E-state index < -0.39 is 10.0 Å². The van der Waals surface area contributed by atoms with Gasteiger partial charge in [-0.25, -0.2) is 8.42 Å². The van der Waals surface area contributed by atoms with Gasteiger partial charge in [0, 0.05) is 29.0 Å². The highest BCUT2D eigenvalue weighted by molar-refractivity contribution is 7.89. The topological polar surface area (TPSA) is 83.6 Å². The van der Waals surface area contributed by atoms with Gasteiger partial charge in [-0.15, -0.1) is 0 Å². The molecule has 0 aliphatic heterocycles. The molecule has 5 nitrogen and oxygen atoms in total. The number of sulfonamides is 1. The van der Waals surface area contributed by atoms with Crippen LogP contribution in [0.5, 0.6) is 0 Å². The zero-order valence-electron chi connectivity index (χ0n) is 11.6. The minimum atomic E-state index is -3.63. The van der Waals surface area contributed by atoms with E-state index in [2.05, 4.69) is 0 Å². The number of fused-ring (bicyclic) bond motifs is 1. The number of hydrogen-bond acceptors (Lipinski definition) is 4. The zero-order chi connectivity index (χ0) is 15.0. The smallest absolute Gasteiger partial charge is 0.244 e. The van der Waals surface area contributed by atoms with Gasteiger partial charge in [-0.3, -0.25) is 0 Å². The second kappa shape index (κ2) is 5.29. The van der Waals surface area contributed by atoms with Gasteiger partial charge >= 0.3 is 0 Å². The van der Waals surface area contributed by atoms with Crippen molar-refractivity contribution in [3.8, 4) is 0 Å². The van der Waals surface area contributed by atoms with Crippen LogP contribution < -0.4 is 5.73 Å². The Hall–Kier alpha value is -1.63. The number of benzene rings is 2. The SMILES string of the molecule is Nc1ccc(S(=O)(=O)N(CCO)C2CC2)c2ccccc12. The van der Waals surface area contributed by atoms with E-state index in [1.54, 1.807) is 24.3 Å². The molecule has 0 radical (unpaired) electrons. The van der Waals surface area contributed by atoms with Crippen molar-refractivity contribution in [3.05, 3.63) is 36.4 Å². The van der Waals surface area contributed by atoms with Crippen LogP contribution in [-0.2, 0) is 10.0 Å². The Labute approximate surface area is 124 Å². The fraction of sp³-hybridized carbons (Fsp3) is 0.333. The second-order valence-corrected chi connectivity index (χ2v) is 7.13. The summed E-state index contributed by atoms with van der Waals surface area (Å²) in [5.41, 5.74) is 6.49. The number of aliphatic hydroxyl groups is 1. The van der Waals surface area contributed by atoms with Gasteiger partial charge in [-0.1, -0.05) is 24.3 Å². The molecule has 2 aromatic rings. The van der Waals surface area contributed by atoms with Gasteiger partial charge < -0.3 is 10.8 Å². The van der Waals surface area contributed by atoms with E-state index in [0.29, 0.717) is 11.1 Å². The maximum absolute atomic E-state index is 12.9. The molecule has 112 valence electrons. The van der Waals surface area contributed by atoms with Crippen LogP contribution in [-0.4, -0.2) is 37.0 Å². The molecule has 3 N–H and O–H groups in total. The van der Waals surface area contributed by atoms with Crippen molar-refractivity contribution < 1.29 is 13.5 Å². The average molecular weight is 306 g/mol. The molecule has 0 amide bonds. The first-order valence-corrected chi connectivity index (χ1v) is 8.39. The van der Waals surface area contributed by atoms with Crippen molar-refractivity contribution in [2.45, 2.75) is 23.8 Å². The zero-order valence-corrected chi connectivity index (χ0v) is 12.4. The maximum atomic E-state index is 12.9. The van der Waals surface area contributed by atoms with Crippen molar-refractivity contribution in [1.29, 1.82) is 0 Å². The van der Waals surface area contributed by atoms with Gasteiger partial charge in [0.2, 0.25) is 10.0 Å². The molecule has 3 rings (SSSR count). The van der Waals surface area contributed by atoms with Crippen LogP contribution in [0.2, 0.25) is 0 Å². The Morgan fingerprint density at radius 2 is 1.81 bits per heavy atom. The van der Waals surface area contributed by atoms with Gasteiger partial charge in [-0.2, -0.15) is 4.31 Å². The molecule has 0 heterocycles. The summed E-state index contributed by atoms with van der Waals surface area (Å²) in [7, 11) is -3.63. The van der Waals surface area contributed by atoms with E-state index in [9.17, 15) is 8.42 Å². The molecule has 0 saturated heterocycles. The summed E-state index contributed by atoms with van der Waals surface area (Å²) in [5, 5.41) is 10.5. The van der Waals surface area contributed by atoms with Crippen LogP contribution >= 0.6 is 0 Å². The molecule has 0 atom stereocenters. The average Bonchev–Trinajstić information content (AvgIpc) is 3.29. The normalized spacial score (nSPS) is 15.7. The van der Waals surface area contributed by atoms with Gasteiger partial charge in [0.1, 0.15) is 0 Å². The monoisotopic (exact) mass is 306 g/mol. The third-order valence-corrected chi connectivity index (χ3v) is 5.79. The minimum absolute atomic E-state index is 0.0125. The first kappa shape index (κ1) is 14.3. The molecule has 1 saturated carbocycles. The van der Waals surface area contributed by atoms with E-state index in [-0.39, 0.29) is 24.1 Å². The standard InChI is InChI=1S/C15H18N2O3S/c16-14-7-8-15(13-4-2-1-3-12(13)14)21(19,20)17(9-10-18)11-5-6-11/h1-4,7-8,11,18H,5-6,9-10,16H2. The Morgan fingerprint density at radius 1 is 1.14 bits per heavy atom. The van der Waals surface area contributed by atoms with Crippen LogP contribution in [0.15, 0.2) is 41.3 Å². The molecule has 0 spiro atoms. The number of hydrogen-bond donors (Lipinski definition) is 2. The van der Waals surface area contributed by atoms with E-state index >= 15 is 0 Å². The lowest BCUT2D eigenvalue weighted by Gasteiger charge is -2.22. The molecule has 6 heteroatoms. The lowest BCUT2D eigenvalue weighted by Crippen LogP contribution is -2.35. The molecule has 1 fully saturated rings. The number of anilines is 1. The highest BCUT2D eigenvalue weighted by atomic mass is 32.2. The first-order valence-electron chi connectivity index (χ1n) is 6.95. The Morgan fingerprint density at radius 3 is 2.43 bits per heavy atom. The van der Waals surface area contributed by atoms with Crippen LogP contribution in [0.25, 0.3) is 10.8 Å². The van der Waals surface area contributed by atoms with Crippen LogP contribution in [0.1, 0.15) is 12.8 Å². The number of nitrogens with zero attached hydrogens (tertiary/aromatic N) is 1. The highest BCUT2D eigenvalue weighted by Gasteiger charge is 2.38. The Bertz CT molecular complexity index is 770. The second-order valence-electron chi connectivity index (χ2n) is 5.27. The van der Waals surface area contributed by atoms with Crippen molar-refractivity contribution in [2.24, 2.45) is 0 Å². The summed E-state index contributed by atoms with van der Waals surface area (Å²) in [5.74, 6) is 0. The van der Waals surface area contributed by atoms with Gasteiger partial charge in [-0.05, 0) is 25.0 Å². The summed E-state index contributed by atoms with van der Waals surface area (Å²) in [6.45, 7) is -0.0473. The van der Waals surface area contributed by atoms with E-state index in [1.165, 1.54) is 4.31 Å². The predicted octanol–water partition coefficient (Wildman–Crippen LogP) is 1.57. The summed E-state index contributed by atoms with van der Waals surface area (Å²) < 4.78 is 27.2. The quantitative estimate of drug-likeness (QED) is 0.821. The minimum Gasteiger partial charge on any atom is -0.398 e. The van der Waals surface area contributed by atoms with E-state index in [4.69, 9.17) is 10.8 Å². The molecule has 0 bridgehead atoms. The fourth-order valence-electron chi connectivity index (χ4n) is 2.61. The Kier molecular flexibility index (Phi) is 3.61. The lowest BCUT2D eigenvalue weighted by molar-refractivity contribution is 0.250. The molecule has 1 aliphatic carbocycles. The summed E-state index contributed by atoms with van der Waals surface area (Å²) >= 11 is 0.